The average Bonchev–Trinajstić information content (AvgIpc) is 1.82. The smallest absolute Gasteiger partial charge is 0.373 e. The Hall–Kier alpha value is -0.190. The Morgan fingerprint density at radius 1 is 1.67 bits per heavy atom. The number of esters is 1. The molecule has 0 saturated heterocycles. The minimum absolute atomic E-state index is 0.0107. The van der Waals surface area contributed by atoms with E-state index >= 15 is 0 Å². The molecule has 0 aromatic heterocycles. The molecule has 0 atom stereocenters. The molecule has 5 heteroatoms. The van der Waals surface area contributed by atoms with Gasteiger partial charge in [0.1, 0.15) is 6.61 Å². The van der Waals surface area contributed by atoms with Crippen molar-refractivity contribution in [2.45, 2.75) is 6.43 Å². The molecular weight excluding hydrogens is 198 g/mol. The van der Waals surface area contributed by atoms with Gasteiger partial charge in [0.2, 0.25) is 0 Å². The summed E-state index contributed by atoms with van der Waals surface area (Å²) in [5.74, 6) is -1.46. The van der Waals surface area contributed by atoms with Gasteiger partial charge in [0.05, 0.1) is 0 Å². The zero-order valence-electron chi connectivity index (χ0n) is 4.44. The monoisotopic (exact) mass is 202 g/mol. The summed E-state index contributed by atoms with van der Waals surface area (Å²) in [5.41, 5.74) is 0. The minimum atomic E-state index is -3.01. The van der Waals surface area contributed by atoms with Crippen molar-refractivity contribution < 1.29 is 18.3 Å². The summed E-state index contributed by atoms with van der Waals surface area (Å²) in [4.78, 5) is 9.91. The van der Waals surface area contributed by atoms with Crippen LogP contribution in [0.1, 0.15) is 0 Å². The Balaban J connectivity index is 3.28. The fourth-order valence-corrected chi connectivity index (χ4v) is 0.364. The first kappa shape index (κ1) is 8.81. The topological polar surface area (TPSA) is 26.3 Å². The van der Waals surface area contributed by atoms with E-state index in [0.717, 1.165) is 0 Å². The van der Waals surface area contributed by atoms with Crippen molar-refractivity contribution in [3.63, 3.8) is 0 Å². The number of carbonyl (C=O) groups excluding carboxylic acids is 1. The zero-order chi connectivity index (χ0) is 7.28. The van der Waals surface area contributed by atoms with Gasteiger partial charge >= 0.3 is 12.4 Å². The van der Waals surface area contributed by atoms with Crippen LogP contribution in [0, 0.1) is 0 Å². The zero-order valence-corrected chi connectivity index (χ0v) is 6.03. The molecule has 0 spiro atoms. The molecular formula is C4H5BrF2O2. The molecule has 0 aromatic carbocycles. The second kappa shape index (κ2) is 4.67. The van der Waals surface area contributed by atoms with Crippen molar-refractivity contribution in [2.24, 2.45) is 0 Å². The van der Waals surface area contributed by atoms with Gasteiger partial charge in [-0.3, -0.25) is 0 Å². The van der Waals surface area contributed by atoms with Crippen LogP contribution in [0.15, 0.2) is 0 Å². The number of hydrogen-bond acceptors (Lipinski definition) is 2. The van der Waals surface area contributed by atoms with Gasteiger partial charge in [-0.1, -0.05) is 15.9 Å². The molecule has 0 rings (SSSR count). The first-order chi connectivity index (χ1) is 4.18. The Bertz CT molecular complexity index is 96.6. The molecule has 0 aliphatic heterocycles. The SMILES string of the molecule is O=C(OCCBr)C(F)F. The molecule has 0 aromatic rings. The maximum atomic E-state index is 11.3. The second-order valence-corrected chi connectivity index (χ2v) is 1.95. The standard InChI is InChI=1S/C4H5BrF2O2/c5-1-2-9-4(8)3(6)7/h3H,1-2H2. The van der Waals surface area contributed by atoms with E-state index in [1.807, 2.05) is 0 Å². The molecule has 0 N–H and O–H groups in total. The molecule has 2 nitrogen and oxygen atoms in total. The van der Waals surface area contributed by atoms with E-state index < -0.39 is 12.4 Å². The predicted molar refractivity (Wildman–Crippen MR) is 30.8 cm³/mol. The Morgan fingerprint density at radius 2 is 2.22 bits per heavy atom. The Kier molecular flexibility index (Phi) is 4.57. The van der Waals surface area contributed by atoms with Crippen LogP contribution in [0.3, 0.4) is 0 Å². The van der Waals surface area contributed by atoms with Gasteiger partial charge in [0.15, 0.2) is 0 Å². The van der Waals surface area contributed by atoms with Crippen LogP contribution >= 0.6 is 15.9 Å². The van der Waals surface area contributed by atoms with Gasteiger partial charge in [0, 0.05) is 5.33 Å². The van der Waals surface area contributed by atoms with E-state index in [9.17, 15) is 13.6 Å². The van der Waals surface area contributed by atoms with E-state index in [1.54, 1.807) is 0 Å². The lowest BCUT2D eigenvalue weighted by Gasteiger charge is -1.98. The fraction of sp³-hybridized carbons (Fsp3) is 0.750. The fourth-order valence-electron chi connectivity index (χ4n) is 0.202. The highest BCUT2D eigenvalue weighted by Gasteiger charge is 2.15. The number of hydrogen-bond donors (Lipinski definition) is 0. The van der Waals surface area contributed by atoms with Crippen molar-refractivity contribution in [1.29, 1.82) is 0 Å². The highest BCUT2D eigenvalue weighted by molar-refractivity contribution is 9.09. The van der Waals surface area contributed by atoms with Crippen molar-refractivity contribution >= 4 is 21.9 Å². The molecule has 0 aliphatic carbocycles. The van der Waals surface area contributed by atoms with Crippen LogP contribution < -0.4 is 0 Å². The lowest BCUT2D eigenvalue weighted by molar-refractivity contribution is -0.155. The molecule has 54 valence electrons. The summed E-state index contributed by atoms with van der Waals surface area (Å²) in [6, 6.07) is 0. The van der Waals surface area contributed by atoms with Crippen LogP contribution in [-0.2, 0) is 9.53 Å². The maximum Gasteiger partial charge on any atom is 0.373 e. The number of carbonyl (C=O) groups is 1. The lowest BCUT2D eigenvalue weighted by Crippen LogP contribution is -2.15. The summed E-state index contributed by atoms with van der Waals surface area (Å²) in [6.45, 7) is -0.0107. The highest BCUT2D eigenvalue weighted by Crippen LogP contribution is 1.95. The van der Waals surface area contributed by atoms with Crippen molar-refractivity contribution in [1.82, 2.24) is 0 Å². The summed E-state index contributed by atoms with van der Waals surface area (Å²) in [6.07, 6.45) is -3.01. The van der Waals surface area contributed by atoms with Gasteiger partial charge in [-0.2, -0.15) is 8.78 Å². The largest absolute Gasteiger partial charge is 0.461 e. The molecule has 0 heterocycles. The van der Waals surface area contributed by atoms with Gasteiger partial charge in [0.25, 0.3) is 0 Å². The Morgan fingerprint density at radius 3 is 2.56 bits per heavy atom. The van der Waals surface area contributed by atoms with Crippen LogP contribution in [0.5, 0.6) is 0 Å². The molecule has 0 radical (unpaired) electrons. The molecule has 0 unspecified atom stereocenters. The van der Waals surface area contributed by atoms with Crippen LogP contribution in [0.25, 0.3) is 0 Å². The third-order valence-electron chi connectivity index (χ3n) is 0.500. The Labute approximate surface area is 59.3 Å². The van der Waals surface area contributed by atoms with Crippen molar-refractivity contribution in [2.75, 3.05) is 11.9 Å². The summed E-state index contributed by atoms with van der Waals surface area (Å²) >= 11 is 2.90. The van der Waals surface area contributed by atoms with Crippen molar-refractivity contribution in [3.05, 3.63) is 0 Å². The van der Waals surface area contributed by atoms with Gasteiger partial charge in [-0.25, -0.2) is 4.79 Å². The third-order valence-corrected chi connectivity index (χ3v) is 0.823. The van der Waals surface area contributed by atoms with Crippen LogP contribution in [0.2, 0.25) is 0 Å². The molecule has 9 heavy (non-hydrogen) atoms. The molecule has 0 saturated carbocycles. The summed E-state index contributed by atoms with van der Waals surface area (Å²) in [5, 5.41) is 0.380. The molecule has 0 aliphatic rings. The molecule has 0 fully saturated rings. The quantitative estimate of drug-likeness (QED) is 0.508. The number of ether oxygens (including phenoxy) is 1. The van der Waals surface area contributed by atoms with Crippen LogP contribution in [0.4, 0.5) is 8.78 Å². The number of alkyl halides is 3. The minimum Gasteiger partial charge on any atom is -0.461 e. The lowest BCUT2D eigenvalue weighted by atomic mass is 10.7. The maximum absolute atomic E-state index is 11.3. The first-order valence-electron chi connectivity index (χ1n) is 2.19. The van der Waals surface area contributed by atoms with Crippen molar-refractivity contribution in [3.8, 4) is 0 Å². The molecule has 0 bridgehead atoms. The highest BCUT2D eigenvalue weighted by atomic mass is 79.9. The normalized spacial score (nSPS) is 9.78. The third kappa shape index (κ3) is 4.32. The predicted octanol–water partition coefficient (Wildman–Crippen LogP) is 1.19. The van der Waals surface area contributed by atoms with Crippen LogP contribution in [-0.4, -0.2) is 24.3 Å². The molecule has 0 amide bonds. The van der Waals surface area contributed by atoms with E-state index in [-0.39, 0.29) is 6.61 Å². The van der Waals surface area contributed by atoms with Gasteiger partial charge in [-0.05, 0) is 0 Å². The first-order valence-corrected chi connectivity index (χ1v) is 3.31. The van der Waals surface area contributed by atoms with E-state index in [0.29, 0.717) is 5.33 Å². The number of halogens is 3. The van der Waals surface area contributed by atoms with Gasteiger partial charge in [-0.15, -0.1) is 0 Å². The van der Waals surface area contributed by atoms with E-state index in [4.69, 9.17) is 0 Å². The van der Waals surface area contributed by atoms with E-state index in [1.165, 1.54) is 0 Å². The number of rotatable bonds is 3. The van der Waals surface area contributed by atoms with Gasteiger partial charge < -0.3 is 4.74 Å². The van der Waals surface area contributed by atoms with E-state index in [2.05, 4.69) is 20.7 Å². The average molecular weight is 203 g/mol. The summed E-state index contributed by atoms with van der Waals surface area (Å²) in [7, 11) is 0. The second-order valence-electron chi connectivity index (χ2n) is 1.16. The summed E-state index contributed by atoms with van der Waals surface area (Å²) < 4.78 is 26.5.